The number of hydrogen-bond donors (Lipinski definition) is 0. The monoisotopic (exact) mass is 641 g/mol. The second-order valence-electron chi connectivity index (χ2n) is 12.6. The van der Waals surface area contributed by atoms with Crippen LogP contribution in [0.4, 0.5) is 0 Å². The molecule has 0 amide bonds. The molecule has 0 bridgehead atoms. The number of furan rings is 1. The van der Waals surface area contributed by atoms with Crippen LogP contribution in [0.1, 0.15) is 5.56 Å². The second-order valence-corrected chi connectivity index (χ2v) is 12.6. The highest BCUT2D eigenvalue weighted by atomic mass is 16.3. The van der Waals surface area contributed by atoms with Crippen LogP contribution in [0.25, 0.3) is 89.5 Å². The van der Waals surface area contributed by atoms with Gasteiger partial charge in [-0.05, 0) is 70.6 Å². The Morgan fingerprint density at radius 1 is 0.360 bits per heavy atom. The molecule has 236 valence electrons. The van der Waals surface area contributed by atoms with E-state index >= 15 is 0 Å². The molecule has 0 aliphatic carbocycles. The van der Waals surface area contributed by atoms with Crippen LogP contribution >= 0.6 is 0 Å². The summed E-state index contributed by atoms with van der Waals surface area (Å²) >= 11 is 0. The Bertz CT molecular complexity index is 2640. The van der Waals surface area contributed by atoms with Gasteiger partial charge in [0.1, 0.15) is 11.2 Å². The largest absolute Gasteiger partial charge is 0.456 e. The molecule has 9 rings (SSSR count). The fourth-order valence-corrected chi connectivity index (χ4v) is 6.64. The standard InChI is InChI=1S/C46H31N3O/c1-30-21-23-32(24-22-30)35-16-9-18-37(28-35)45-47-44(33-13-6-3-7-14-33)48-46(49-45)38-25-26-40-42(29-38)50-41-20-10-19-39(43(40)41)36-17-8-15-34(27-36)31-11-4-2-5-12-31/h2-29H,1H3. The lowest BCUT2D eigenvalue weighted by atomic mass is 9.96. The van der Waals surface area contributed by atoms with E-state index in [2.05, 4.69) is 134 Å². The maximum absolute atomic E-state index is 6.52. The Morgan fingerprint density at radius 2 is 0.860 bits per heavy atom. The quantitative estimate of drug-likeness (QED) is 0.181. The zero-order valence-electron chi connectivity index (χ0n) is 27.4. The molecule has 2 heterocycles. The molecule has 0 fully saturated rings. The highest BCUT2D eigenvalue weighted by Crippen LogP contribution is 2.39. The lowest BCUT2D eigenvalue weighted by Gasteiger charge is -2.10. The molecule has 0 saturated carbocycles. The molecule has 0 aliphatic heterocycles. The van der Waals surface area contributed by atoms with Gasteiger partial charge in [-0.2, -0.15) is 0 Å². The molecular weight excluding hydrogens is 611 g/mol. The summed E-state index contributed by atoms with van der Waals surface area (Å²) in [5.41, 5.74) is 12.5. The third kappa shape index (κ3) is 5.53. The molecule has 4 heteroatoms. The molecule has 0 spiro atoms. The van der Waals surface area contributed by atoms with Crippen molar-refractivity contribution < 1.29 is 4.42 Å². The summed E-state index contributed by atoms with van der Waals surface area (Å²) in [6.45, 7) is 2.10. The minimum Gasteiger partial charge on any atom is -0.456 e. The summed E-state index contributed by atoms with van der Waals surface area (Å²) < 4.78 is 6.52. The predicted molar refractivity (Wildman–Crippen MR) is 204 cm³/mol. The van der Waals surface area contributed by atoms with Gasteiger partial charge >= 0.3 is 0 Å². The Hall–Kier alpha value is -6.65. The molecule has 0 saturated heterocycles. The number of fused-ring (bicyclic) bond motifs is 3. The first-order chi connectivity index (χ1) is 24.7. The van der Waals surface area contributed by atoms with E-state index in [0.717, 1.165) is 60.9 Å². The Kier molecular flexibility index (Phi) is 7.33. The van der Waals surface area contributed by atoms with E-state index in [1.165, 1.54) is 16.7 Å². The van der Waals surface area contributed by atoms with Crippen LogP contribution in [0.3, 0.4) is 0 Å². The SMILES string of the molecule is Cc1ccc(-c2cccc(-c3nc(-c4ccccc4)nc(-c4ccc5c(c4)oc4cccc(-c6cccc(-c7ccccc7)c6)c45)n3)c2)cc1. The topological polar surface area (TPSA) is 51.8 Å². The fourth-order valence-electron chi connectivity index (χ4n) is 6.64. The van der Waals surface area contributed by atoms with Crippen molar-refractivity contribution in [3.63, 3.8) is 0 Å². The van der Waals surface area contributed by atoms with Gasteiger partial charge in [0.25, 0.3) is 0 Å². The summed E-state index contributed by atoms with van der Waals surface area (Å²) in [6, 6.07) is 58.7. The van der Waals surface area contributed by atoms with Gasteiger partial charge in [-0.25, -0.2) is 15.0 Å². The van der Waals surface area contributed by atoms with Gasteiger partial charge in [-0.3, -0.25) is 0 Å². The summed E-state index contributed by atoms with van der Waals surface area (Å²) in [5.74, 6) is 1.83. The summed E-state index contributed by atoms with van der Waals surface area (Å²) in [6.07, 6.45) is 0. The van der Waals surface area contributed by atoms with Gasteiger partial charge in [0, 0.05) is 27.5 Å². The van der Waals surface area contributed by atoms with E-state index < -0.39 is 0 Å². The number of aromatic nitrogens is 3. The number of rotatable bonds is 6. The molecule has 0 atom stereocenters. The van der Waals surface area contributed by atoms with Gasteiger partial charge < -0.3 is 4.42 Å². The highest BCUT2D eigenvalue weighted by Gasteiger charge is 2.17. The third-order valence-corrected chi connectivity index (χ3v) is 9.21. The molecule has 2 aromatic heterocycles. The number of hydrogen-bond acceptors (Lipinski definition) is 4. The molecule has 4 nitrogen and oxygen atoms in total. The van der Waals surface area contributed by atoms with Gasteiger partial charge in [0.05, 0.1) is 0 Å². The van der Waals surface area contributed by atoms with E-state index in [1.807, 2.05) is 42.5 Å². The first kappa shape index (κ1) is 29.5. The van der Waals surface area contributed by atoms with Crippen molar-refractivity contribution in [1.82, 2.24) is 15.0 Å². The Morgan fingerprint density at radius 3 is 1.56 bits per heavy atom. The van der Waals surface area contributed by atoms with Crippen molar-refractivity contribution in [2.75, 3.05) is 0 Å². The highest BCUT2D eigenvalue weighted by molar-refractivity contribution is 6.13. The van der Waals surface area contributed by atoms with Gasteiger partial charge in [-0.1, -0.05) is 145 Å². The van der Waals surface area contributed by atoms with Gasteiger partial charge in [0.15, 0.2) is 17.5 Å². The lowest BCUT2D eigenvalue weighted by molar-refractivity contribution is 0.669. The molecule has 9 aromatic rings. The van der Waals surface area contributed by atoms with Crippen LogP contribution in [0.5, 0.6) is 0 Å². The molecule has 0 radical (unpaired) electrons. The van der Waals surface area contributed by atoms with Crippen molar-refractivity contribution in [2.45, 2.75) is 6.92 Å². The minimum absolute atomic E-state index is 0.590. The Balaban J connectivity index is 1.16. The zero-order chi connectivity index (χ0) is 33.4. The predicted octanol–water partition coefficient (Wildman–Crippen LogP) is 12.1. The first-order valence-electron chi connectivity index (χ1n) is 16.8. The van der Waals surface area contributed by atoms with Crippen LogP contribution in [-0.2, 0) is 0 Å². The van der Waals surface area contributed by atoms with E-state index in [1.54, 1.807) is 0 Å². The molecule has 0 N–H and O–H groups in total. The molecule has 7 aromatic carbocycles. The zero-order valence-corrected chi connectivity index (χ0v) is 27.4. The molecule has 0 aliphatic rings. The van der Waals surface area contributed by atoms with Crippen molar-refractivity contribution in [3.05, 3.63) is 175 Å². The number of aryl methyl sites for hydroxylation is 1. The van der Waals surface area contributed by atoms with Crippen molar-refractivity contribution >= 4 is 21.9 Å². The smallest absolute Gasteiger partial charge is 0.164 e. The average molecular weight is 642 g/mol. The number of nitrogens with zero attached hydrogens (tertiary/aromatic N) is 3. The van der Waals surface area contributed by atoms with Gasteiger partial charge in [-0.15, -0.1) is 0 Å². The third-order valence-electron chi connectivity index (χ3n) is 9.21. The second kappa shape index (κ2) is 12.4. The van der Waals surface area contributed by atoms with E-state index in [0.29, 0.717) is 17.5 Å². The van der Waals surface area contributed by atoms with Crippen molar-refractivity contribution in [2.24, 2.45) is 0 Å². The van der Waals surface area contributed by atoms with Crippen LogP contribution in [0, 0.1) is 6.92 Å². The van der Waals surface area contributed by atoms with Crippen LogP contribution < -0.4 is 0 Å². The van der Waals surface area contributed by atoms with E-state index in [-0.39, 0.29) is 0 Å². The fraction of sp³-hybridized carbons (Fsp3) is 0.0217. The first-order valence-corrected chi connectivity index (χ1v) is 16.8. The van der Waals surface area contributed by atoms with Gasteiger partial charge in [0.2, 0.25) is 0 Å². The van der Waals surface area contributed by atoms with E-state index in [4.69, 9.17) is 19.4 Å². The van der Waals surface area contributed by atoms with Crippen LogP contribution in [0.2, 0.25) is 0 Å². The normalized spacial score (nSPS) is 11.3. The van der Waals surface area contributed by atoms with Crippen LogP contribution in [-0.4, -0.2) is 15.0 Å². The summed E-state index contributed by atoms with van der Waals surface area (Å²) in [4.78, 5) is 15.0. The number of benzene rings is 7. The molecule has 0 unspecified atom stereocenters. The average Bonchev–Trinajstić information content (AvgIpc) is 3.57. The van der Waals surface area contributed by atoms with E-state index in [9.17, 15) is 0 Å². The maximum Gasteiger partial charge on any atom is 0.164 e. The summed E-state index contributed by atoms with van der Waals surface area (Å²) in [7, 11) is 0. The minimum atomic E-state index is 0.590. The van der Waals surface area contributed by atoms with Crippen LogP contribution in [0.15, 0.2) is 174 Å². The molecule has 50 heavy (non-hydrogen) atoms. The summed E-state index contributed by atoms with van der Waals surface area (Å²) in [5, 5.41) is 2.14. The lowest BCUT2D eigenvalue weighted by Crippen LogP contribution is -2.00. The molecular formula is C46H31N3O. The van der Waals surface area contributed by atoms with Crippen molar-refractivity contribution in [3.8, 4) is 67.5 Å². The maximum atomic E-state index is 6.52. The van der Waals surface area contributed by atoms with Crippen molar-refractivity contribution in [1.29, 1.82) is 0 Å². The Labute approximate surface area is 290 Å².